The minimum absolute atomic E-state index is 0.175. The molecule has 32 heavy (non-hydrogen) atoms. The maximum atomic E-state index is 11.3. The van der Waals surface area contributed by atoms with E-state index in [4.69, 9.17) is 37.4 Å². The molecular formula is C24H23Cl2NO5. The zero-order valence-corrected chi connectivity index (χ0v) is 19.2. The lowest BCUT2D eigenvalue weighted by atomic mass is 10.1. The van der Waals surface area contributed by atoms with E-state index in [1.165, 1.54) is 13.2 Å². The van der Waals surface area contributed by atoms with Gasteiger partial charge in [-0.05, 0) is 60.5 Å². The molecule has 2 N–H and O–H groups in total. The maximum Gasteiger partial charge on any atom is 0.335 e. The van der Waals surface area contributed by atoms with Crippen LogP contribution in [0.4, 0.5) is 5.69 Å². The van der Waals surface area contributed by atoms with Gasteiger partial charge in [-0.25, -0.2) is 4.79 Å². The largest absolute Gasteiger partial charge is 0.495 e. The minimum Gasteiger partial charge on any atom is -0.495 e. The average molecular weight is 476 g/mol. The molecule has 0 atom stereocenters. The number of carboxylic acid groups (broad SMARTS) is 1. The van der Waals surface area contributed by atoms with E-state index < -0.39 is 5.97 Å². The fraction of sp³-hybridized carbons (Fsp3) is 0.208. The lowest BCUT2D eigenvalue weighted by molar-refractivity contribution is 0.0697. The summed E-state index contributed by atoms with van der Waals surface area (Å²) in [5.74, 6) is 0.768. The zero-order valence-electron chi connectivity index (χ0n) is 17.7. The molecule has 0 unspecified atom stereocenters. The van der Waals surface area contributed by atoms with E-state index in [2.05, 4.69) is 5.32 Å². The van der Waals surface area contributed by atoms with Gasteiger partial charge in [-0.3, -0.25) is 0 Å². The van der Waals surface area contributed by atoms with Crippen LogP contribution in [-0.4, -0.2) is 24.8 Å². The van der Waals surface area contributed by atoms with Gasteiger partial charge in [0, 0.05) is 6.54 Å². The number of rotatable bonds is 10. The number of hydrogen-bond acceptors (Lipinski definition) is 5. The summed E-state index contributed by atoms with van der Waals surface area (Å²) in [7, 11) is 1.54. The highest BCUT2D eigenvalue weighted by Gasteiger charge is 2.11. The highest BCUT2D eigenvalue weighted by atomic mass is 35.5. The second-order valence-electron chi connectivity index (χ2n) is 6.83. The van der Waals surface area contributed by atoms with E-state index in [1.807, 2.05) is 31.2 Å². The Bertz CT molecular complexity index is 1100. The van der Waals surface area contributed by atoms with Gasteiger partial charge >= 0.3 is 5.97 Å². The second kappa shape index (κ2) is 11.0. The molecule has 0 aliphatic rings. The smallest absolute Gasteiger partial charge is 0.335 e. The molecule has 0 radical (unpaired) electrons. The van der Waals surface area contributed by atoms with Crippen LogP contribution in [-0.2, 0) is 13.2 Å². The second-order valence-corrected chi connectivity index (χ2v) is 7.64. The molecule has 3 rings (SSSR count). The van der Waals surface area contributed by atoms with Gasteiger partial charge in [0.15, 0.2) is 11.5 Å². The molecule has 0 aliphatic carbocycles. The third-order valence-corrected chi connectivity index (χ3v) is 5.35. The van der Waals surface area contributed by atoms with E-state index in [1.54, 1.807) is 24.3 Å². The number of benzene rings is 3. The summed E-state index contributed by atoms with van der Waals surface area (Å²) in [5, 5.41) is 13.4. The van der Waals surface area contributed by atoms with Crippen LogP contribution in [0, 0.1) is 0 Å². The van der Waals surface area contributed by atoms with Crippen molar-refractivity contribution in [2.75, 3.05) is 19.0 Å². The monoisotopic (exact) mass is 475 g/mol. The molecule has 0 aliphatic heterocycles. The molecule has 0 heterocycles. The number of ether oxygens (including phenoxy) is 3. The highest BCUT2D eigenvalue weighted by molar-refractivity contribution is 6.42. The van der Waals surface area contributed by atoms with Crippen LogP contribution in [0.2, 0.25) is 10.0 Å². The fourth-order valence-electron chi connectivity index (χ4n) is 3.02. The molecule has 6 nitrogen and oxygen atoms in total. The minimum atomic E-state index is -1.00. The molecule has 3 aromatic rings. The molecule has 0 amide bonds. The quantitative estimate of drug-likeness (QED) is 0.358. The summed E-state index contributed by atoms with van der Waals surface area (Å²) >= 11 is 12.0. The van der Waals surface area contributed by atoms with Crippen molar-refractivity contribution in [2.45, 2.75) is 20.1 Å². The van der Waals surface area contributed by atoms with Gasteiger partial charge in [0.1, 0.15) is 12.4 Å². The van der Waals surface area contributed by atoms with E-state index in [-0.39, 0.29) is 5.56 Å². The van der Waals surface area contributed by atoms with Gasteiger partial charge in [0.2, 0.25) is 0 Å². The average Bonchev–Trinajstić information content (AvgIpc) is 2.79. The summed E-state index contributed by atoms with van der Waals surface area (Å²) in [4.78, 5) is 11.3. The maximum absolute atomic E-state index is 11.3. The van der Waals surface area contributed by atoms with Crippen molar-refractivity contribution in [3.8, 4) is 17.2 Å². The predicted octanol–water partition coefficient (Wildman–Crippen LogP) is 6.29. The first-order valence-electron chi connectivity index (χ1n) is 9.89. The third kappa shape index (κ3) is 5.99. The predicted molar refractivity (Wildman–Crippen MR) is 126 cm³/mol. The van der Waals surface area contributed by atoms with E-state index in [0.717, 1.165) is 11.1 Å². The number of carbonyl (C=O) groups is 1. The van der Waals surface area contributed by atoms with Crippen molar-refractivity contribution in [3.05, 3.63) is 81.3 Å². The molecule has 3 aromatic carbocycles. The first-order chi connectivity index (χ1) is 15.4. The number of hydrogen-bond donors (Lipinski definition) is 2. The number of anilines is 1. The van der Waals surface area contributed by atoms with Crippen LogP contribution >= 0.6 is 23.2 Å². The number of nitrogens with one attached hydrogen (secondary N) is 1. The van der Waals surface area contributed by atoms with Gasteiger partial charge in [-0.1, -0.05) is 35.3 Å². The number of methoxy groups -OCH3 is 1. The Kier molecular flexibility index (Phi) is 8.09. The van der Waals surface area contributed by atoms with Crippen LogP contribution in [0.15, 0.2) is 54.6 Å². The number of aromatic carboxylic acids is 1. The number of carboxylic acids is 1. The summed E-state index contributed by atoms with van der Waals surface area (Å²) in [5.41, 5.74) is 2.58. The Morgan fingerprint density at radius 2 is 1.66 bits per heavy atom. The SMILES string of the molecule is CCOc1cc(CNc2cc(C(=O)O)ccc2OC)ccc1OCc1ccc(Cl)c(Cl)c1. The van der Waals surface area contributed by atoms with Crippen molar-refractivity contribution in [3.63, 3.8) is 0 Å². The van der Waals surface area contributed by atoms with Crippen molar-refractivity contribution < 1.29 is 24.1 Å². The molecule has 0 saturated heterocycles. The van der Waals surface area contributed by atoms with Crippen LogP contribution in [0.25, 0.3) is 0 Å². The molecule has 0 bridgehead atoms. The van der Waals surface area contributed by atoms with E-state index in [9.17, 15) is 9.90 Å². The first kappa shape index (κ1) is 23.6. The Morgan fingerprint density at radius 1 is 0.906 bits per heavy atom. The zero-order chi connectivity index (χ0) is 23.1. The highest BCUT2D eigenvalue weighted by Crippen LogP contribution is 2.31. The lowest BCUT2D eigenvalue weighted by Crippen LogP contribution is -2.05. The summed E-state index contributed by atoms with van der Waals surface area (Å²) in [6.07, 6.45) is 0. The summed E-state index contributed by atoms with van der Waals surface area (Å²) in [6.45, 7) is 3.13. The van der Waals surface area contributed by atoms with Crippen molar-refractivity contribution in [1.29, 1.82) is 0 Å². The molecule has 168 valence electrons. The van der Waals surface area contributed by atoms with Crippen LogP contribution in [0.1, 0.15) is 28.4 Å². The molecular weight excluding hydrogens is 453 g/mol. The molecule has 0 fully saturated rings. The third-order valence-electron chi connectivity index (χ3n) is 4.62. The van der Waals surface area contributed by atoms with Gasteiger partial charge in [-0.2, -0.15) is 0 Å². The van der Waals surface area contributed by atoms with Gasteiger partial charge in [-0.15, -0.1) is 0 Å². The molecule has 0 aromatic heterocycles. The topological polar surface area (TPSA) is 77.0 Å². The fourth-order valence-corrected chi connectivity index (χ4v) is 3.34. The lowest BCUT2D eigenvalue weighted by Gasteiger charge is -2.15. The van der Waals surface area contributed by atoms with Crippen molar-refractivity contribution in [1.82, 2.24) is 0 Å². The van der Waals surface area contributed by atoms with Gasteiger partial charge in [0.05, 0.1) is 35.0 Å². The van der Waals surface area contributed by atoms with Gasteiger partial charge < -0.3 is 24.6 Å². The number of halogens is 2. The Labute approximate surface area is 196 Å². The van der Waals surface area contributed by atoms with Crippen molar-refractivity contribution in [2.24, 2.45) is 0 Å². The summed E-state index contributed by atoms with van der Waals surface area (Å²) in [6, 6.07) is 15.6. The Balaban J connectivity index is 1.73. The van der Waals surface area contributed by atoms with E-state index in [0.29, 0.717) is 52.7 Å². The normalized spacial score (nSPS) is 10.5. The molecule has 0 spiro atoms. The van der Waals surface area contributed by atoms with Gasteiger partial charge in [0.25, 0.3) is 0 Å². The molecule has 0 saturated carbocycles. The standard InChI is InChI=1S/C24H23Cl2NO5/c1-3-31-23-11-15(13-27-20-12-17(24(28)29)6-9-21(20)30-2)5-8-22(23)32-14-16-4-7-18(25)19(26)10-16/h4-12,27H,3,13-14H2,1-2H3,(H,28,29). The van der Waals surface area contributed by atoms with Crippen molar-refractivity contribution >= 4 is 34.9 Å². The van der Waals surface area contributed by atoms with E-state index >= 15 is 0 Å². The first-order valence-corrected chi connectivity index (χ1v) is 10.6. The van der Waals surface area contributed by atoms with Crippen LogP contribution < -0.4 is 19.5 Å². The van der Waals surface area contributed by atoms with Crippen LogP contribution in [0.3, 0.4) is 0 Å². The summed E-state index contributed by atoms with van der Waals surface area (Å²) < 4.78 is 17.0. The molecule has 8 heteroatoms. The van der Waals surface area contributed by atoms with Crippen LogP contribution in [0.5, 0.6) is 17.2 Å². The Hall–Kier alpha value is -3.09. The Morgan fingerprint density at radius 3 is 2.34 bits per heavy atom.